The molecule has 0 atom stereocenters. The lowest BCUT2D eigenvalue weighted by Crippen LogP contribution is -2.02. The Bertz CT molecular complexity index is 533. The highest BCUT2D eigenvalue weighted by Crippen LogP contribution is 2.19. The van der Waals surface area contributed by atoms with Crippen molar-refractivity contribution in [2.45, 2.75) is 6.54 Å². The number of hydrogen-bond donors (Lipinski definition) is 2. The van der Waals surface area contributed by atoms with Crippen LogP contribution in [0.4, 0.5) is 5.69 Å². The van der Waals surface area contributed by atoms with Crippen LogP contribution in [0.3, 0.4) is 0 Å². The molecule has 0 radical (unpaired) electrons. The van der Waals surface area contributed by atoms with E-state index in [-0.39, 0.29) is 0 Å². The number of hydrogen-bond acceptors (Lipinski definition) is 3. The van der Waals surface area contributed by atoms with Crippen molar-refractivity contribution in [2.24, 2.45) is 7.05 Å². The van der Waals surface area contributed by atoms with Gasteiger partial charge in [0.25, 0.3) is 0 Å². The lowest BCUT2D eigenvalue weighted by atomic mass is 10.2. The van der Waals surface area contributed by atoms with Gasteiger partial charge in [-0.05, 0) is 18.2 Å². The fraction of sp³-hybridized carbons (Fsp3) is 0.167. The van der Waals surface area contributed by atoms with Gasteiger partial charge < -0.3 is 15.3 Å². The molecule has 0 aliphatic carbocycles. The quantitative estimate of drug-likeness (QED) is 0.852. The van der Waals surface area contributed by atoms with Crippen molar-refractivity contribution in [1.29, 1.82) is 5.41 Å². The molecule has 0 saturated carbocycles. The van der Waals surface area contributed by atoms with Crippen LogP contribution in [-0.4, -0.2) is 15.8 Å². The zero-order valence-corrected chi connectivity index (χ0v) is 11.0. The molecule has 0 spiro atoms. The summed E-state index contributed by atoms with van der Waals surface area (Å²) in [5.74, 6) is 0. The molecular formula is C12H13BrN4. The number of benzene rings is 1. The van der Waals surface area contributed by atoms with E-state index in [2.05, 4.69) is 26.2 Å². The van der Waals surface area contributed by atoms with Gasteiger partial charge in [0.2, 0.25) is 0 Å². The normalized spacial score (nSPS) is 10.2. The molecule has 0 bridgehead atoms. The zero-order valence-electron chi connectivity index (χ0n) is 9.44. The number of nitrogens with one attached hydrogen (secondary N) is 2. The van der Waals surface area contributed by atoms with Crippen molar-refractivity contribution >= 4 is 27.8 Å². The van der Waals surface area contributed by atoms with Gasteiger partial charge in [-0.25, -0.2) is 4.98 Å². The topological polar surface area (TPSA) is 53.7 Å². The molecule has 0 amide bonds. The number of anilines is 1. The lowest BCUT2D eigenvalue weighted by Gasteiger charge is -2.08. The highest BCUT2D eigenvalue weighted by atomic mass is 79.9. The molecule has 2 N–H and O–H groups in total. The van der Waals surface area contributed by atoms with Crippen LogP contribution in [0.25, 0.3) is 0 Å². The summed E-state index contributed by atoms with van der Waals surface area (Å²) >= 11 is 3.39. The second-order valence-electron chi connectivity index (χ2n) is 3.76. The molecular weight excluding hydrogens is 280 g/mol. The molecule has 5 heteroatoms. The first kappa shape index (κ1) is 11.9. The van der Waals surface area contributed by atoms with Crippen LogP contribution in [0.2, 0.25) is 0 Å². The summed E-state index contributed by atoms with van der Waals surface area (Å²) in [6.07, 6.45) is 5.08. The average Bonchev–Trinajstić information content (AvgIpc) is 2.73. The van der Waals surface area contributed by atoms with Crippen LogP contribution in [0.5, 0.6) is 0 Å². The molecule has 0 fully saturated rings. The summed E-state index contributed by atoms with van der Waals surface area (Å²) in [4.78, 5) is 4.24. The first-order valence-electron chi connectivity index (χ1n) is 5.20. The van der Waals surface area contributed by atoms with E-state index in [1.165, 1.54) is 6.21 Å². The largest absolute Gasteiger partial charge is 0.379 e. The highest BCUT2D eigenvalue weighted by molar-refractivity contribution is 9.10. The van der Waals surface area contributed by atoms with Crippen LogP contribution >= 0.6 is 15.9 Å². The van der Waals surface area contributed by atoms with Crippen molar-refractivity contribution in [1.82, 2.24) is 9.55 Å². The molecule has 0 unspecified atom stereocenters. The molecule has 0 aliphatic rings. The van der Waals surface area contributed by atoms with Gasteiger partial charge >= 0.3 is 0 Å². The molecule has 1 heterocycles. The fourth-order valence-electron chi connectivity index (χ4n) is 1.56. The Kier molecular flexibility index (Phi) is 3.58. The van der Waals surface area contributed by atoms with E-state index in [0.717, 1.165) is 21.4 Å². The van der Waals surface area contributed by atoms with Gasteiger partial charge in [0.15, 0.2) is 0 Å². The SMILES string of the molecule is Cn1cnc(CNc2ccc(Br)cc2C=N)c1. The minimum absolute atomic E-state index is 0.656. The molecule has 88 valence electrons. The van der Waals surface area contributed by atoms with Crippen molar-refractivity contribution in [3.8, 4) is 0 Å². The Morgan fingerprint density at radius 3 is 3.00 bits per heavy atom. The molecule has 2 rings (SSSR count). The summed E-state index contributed by atoms with van der Waals surface area (Å²) in [7, 11) is 1.94. The summed E-state index contributed by atoms with van der Waals surface area (Å²) in [5.41, 5.74) is 2.77. The van der Waals surface area contributed by atoms with Crippen LogP contribution in [0.1, 0.15) is 11.3 Å². The molecule has 1 aromatic heterocycles. The third-order valence-electron chi connectivity index (χ3n) is 2.39. The van der Waals surface area contributed by atoms with Crippen LogP contribution < -0.4 is 5.32 Å². The van der Waals surface area contributed by atoms with Crippen molar-refractivity contribution in [2.75, 3.05) is 5.32 Å². The molecule has 0 aliphatic heterocycles. The van der Waals surface area contributed by atoms with Crippen LogP contribution in [0.15, 0.2) is 35.2 Å². The summed E-state index contributed by atoms with van der Waals surface area (Å²) < 4.78 is 2.88. The van der Waals surface area contributed by atoms with E-state index in [1.807, 2.05) is 36.0 Å². The number of aromatic nitrogens is 2. The molecule has 1 aromatic carbocycles. The Labute approximate surface area is 108 Å². The Hall–Kier alpha value is -1.62. The first-order valence-corrected chi connectivity index (χ1v) is 5.99. The van der Waals surface area contributed by atoms with Gasteiger partial charge in [-0.2, -0.15) is 0 Å². The van der Waals surface area contributed by atoms with E-state index >= 15 is 0 Å². The van der Waals surface area contributed by atoms with Gasteiger partial charge in [0.1, 0.15) is 0 Å². The molecule has 17 heavy (non-hydrogen) atoms. The summed E-state index contributed by atoms with van der Waals surface area (Å²) in [5, 5.41) is 10.6. The van der Waals surface area contributed by atoms with E-state index in [9.17, 15) is 0 Å². The Morgan fingerprint density at radius 1 is 1.53 bits per heavy atom. The van der Waals surface area contributed by atoms with Gasteiger partial charge in [0.05, 0.1) is 18.6 Å². The first-order chi connectivity index (χ1) is 8.19. The minimum Gasteiger partial charge on any atom is -0.379 e. The third-order valence-corrected chi connectivity index (χ3v) is 2.88. The summed E-state index contributed by atoms with van der Waals surface area (Å²) in [6.45, 7) is 0.656. The monoisotopic (exact) mass is 292 g/mol. The molecule has 2 aromatic rings. The second-order valence-corrected chi connectivity index (χ2v) is 4.68. The van der Waals surface area contributed by atoms with Gasteiger partial charge in [0, 0.05) is 35.2 Å². The number of rotatable bonds is 4. The highest BCUT2D eigenvalue weighted by Gasteiger charge is 2.02. The molecule has 0 saturated heterocycles. The maximum Gasteiger partial charge on any atom is 0.0947 e. The predicted molar refractivity (Wildman–Crippen MR) is 72.6 cm³/mol. The van der Waals surface area contributed by atoms with Gasteiger partial charge in [-0.15, -0.1) is 0 Å². The second kappa shape index (κ2) is 5.14. The standard InChI is InChI=1S/C12H13BrN4/c1-17-7-11(16-8-17)6-15-12-3-2-10(13)4-9(12)5-14/h2-5,7-8,14-15H,6H2,1H3. The number of aryl methyl sites for hydroxylation is 1. The maximum atomic E-state index is 7.36. The Balaban J connectivity index is 2.11. The van der Waals surface area contributed by atoms with Crippen LogP contribution in [-0.2, 0) is 13.6 Å². The van der Waals surface area contributed by atoms with Crippen LogP contribution in [0, 0.1) is 5.41 Å². The van der Waals surface area contributed by atoms with E-state index in [4.69, 9.17) is 5.41 Å². The van der Waals surface area contributed by atoms with Gasteiger partial charge in [-0.1, -0.05) is 15.9 Å². The summed E-state index contributed by atoms with van der Waals surface area (Å²) in [6, 6.07) is 5.81. The average molecular weight is 293 g/mol. The van der Waals surface area contributed by atoms with Crippen molar-refractivity contribution in [3.63, 3.8) is 0 Å². The van der Waals surface area contributed by atoms with E-state index < -0.39 is 0 Å². The number of halogens is 1. The maximum absolute atomic E-state index is 7.36. The third kappa shape index (κ3) is 2.94. The zero-order chi connectivity index (χ0) is 12.3. The Morgan fingerprint density at radius 2 is 2.35 bits per heavy atom. The predicted octanol–water partition coefficient (Wildman–Crippen LogP) is 2.79. The van der Waals surface area contributed by atoms with E-state index in [0.29, 0.717) is 6.54 Å². The van der Waals surface area contributed by atoms with Crippen molar-refractivity contribution in [3.05, 3.63) is 46.5 Å². The smallest absolute Gasteiger partial charge is 0.0947 e. The van der Waals surface area contributed by atoms with E-state index in [1.54, 1.807) is 6.33 Å². The minimum atomic E-state index is 0.656. The number of imidazole rings is 1. The van der Waals surface area contributed by atoms with Crippen molar-refractivity contribution < 1.29 is 0 Å². The lowest BCUT2D eigenvalue weighted by molar-refractivity contribution is 0.912. The van der Waals surface area contributed by atoms with Gasteiger partial charge in [-0.3, -0.25) is 0 Å². The fourth-order valence-corrected chi connectivity index (χ4v) is 1.94. The number of nitrogens with zero attached hydrogens (tertiary/aromatic N) is 2. The molecule has 4 nitrogen and oxygen atoms in total.